The van der Waals surface area contributed by atoms with Crippen molar-refractivity contribution >= 4 is 40.7 Å². The second-order valence-electron chi connectivity index (χ2n) is 10.7. The summed E-state index contributed by atoms with van der Waals surface area (Å²) in [6, 6.07) is 10.6. The molecule has 0 saturated carbocycles. The molecule has 0 aliphatic rings. The highest BCUT2D eigenvalue weighted by molar-refractivity contribution is 6.07. The van der Waals surface area contributed by atoms with E-state index in [0.29, 0.717) is 35.6 Å². The summed E-state index contributed by atoms with van der Waals surface area (Å²) in [4.78, 5) is 52.1. The van der Waals surface area contributed by atoms with Gasteiger partial charge in [0.05, 0.1) is 37.2 Å². The predicted molar refractivity (Wildman–Crippen MR) is 184 cm³/mol. The normalized spacial score (nSPS) is 12.1. The smallest absolute Gasteiger partial charge is 0.435 e. The van der Waals surface area contributed by atoms with E-state index in [4.69, 9.17) is 20.2 Å². The SMILES string of the molecule is C=CC(=C\C=C(/C)NCc1nc2cc(C(=O)N(CCC(=O)OCC)c3ccccn3)ccc2n1C)/C(N)=N\C(=O)OCCCCCC. The Hall–Kier alpha value is -5.26. The number of benzene rings is 1. The Bertz CT molecular complexity index is 1630. The summed E-state index contributed by atoms with van der Waals surface area (Å²) in [5.41, 5.74) is 9.23. The van der Waals surface area contributed by atoms with Crippen molar-refractivity contribution < 1.29 is 23.9 Å². The van der Waals surface area contributed by atoms with Crippen LogP contribution >= 0.6 is 0 Å². The number of ether oxygens (including phenoxy) is 2. The molecule has 2 amide bonds. The summed E-state index contributed by atoms with van der Waals surface area (Å²) in [7, 11) is 1.90. The van der Waals surface area contributed by atoms with Crippen LogP contribution in [0.15, 0.2) is 83.7 Å². The molecule has 0 aliphatic carbocycles. The maximum atomic E-state index is 13.6. The summed E-state index contributed by atoms with van der Waals surface area (Å²) in [5.74, 6) is 0.521. The number of allylic oxidation sites excluding steroid dienone is 3. The average molecular weight is 644 g/mol. The van der Waals surface area contributed by atoms with Gasteiger partial charge in [0.15, 0.2) is 0 Å². The van der Waals surface area contributed by atoms with Crippen LogP contribution in [-0.2, 0) is 27.9 Å². The molecule has 0 atom stereocenters. The van der Waals surface area contributed by atoms with Crippen molar-refractivity contribution in [3.63, 3.8) is 0 Å². The number of aryl methyl sites for hydroxylation is 1. The van der Waals surface area contributed by atoms with Crippen molar-refractivity contribution in [3.8, 4) is 0 Å². The second kappa shape index (κ2) is 18.6. The van der Waals surface area contributed by atoms with Crippen LogP contribution in [0.3, 0.4) is 0 Å². The minimum absolute atomic E-state index is 0.0193. The lowest BCUT2D eigenvalue weighted by Crippen LogP contribution is -2.34. The van der Waals surface area contributed by atoms with Crippen LogP contribution < -0.4 is 16.0 Å². The zero-order valence-corrected chi connectivity index (χ0v) is 27.7. The number of fused-ring (bicyclic) bond motifs is 1. The number of aliphatic imine (C=N–C) groups is 1. The number of hydrogen-bond donors (Lipinski definition) is 2. The molecular weight excluding hydrogens is 598 g/mol. The summed E-state index contributed by atoms with van der Waals surface area (Å²) >= 11 is 0. The maximum absolute atomic E-state index is 13.6. The average Bonchev–Trinajstić information content (AvgIpc) is 3.38. The van der Waals surface area contributed by atoms with E-state index in [1.807, 2.05) is 24.6 Å². The number of unbranched alkanes of at least 4 members (excludes halogenated alkanes) is 3. The fourth-order valence-corrected chi connectivity index (χ4v) is 4.60. The van der Waals surface area contributed by atoms with E-state index >= 15 is 0 Å². The number of pyridine rings is 1. The Kier molecular flexibility index (Phi) is 14.4. The lowest BCUT2D eigenvalue weighted by molar-refractivity contribution is -0.142. The molecule has 12 nitrogen and oxygen atoms in total. The molecule has 0 radical (unpaired) electrons. The first-order valence-corrected chi connectivity index (χ1v) is 15.8. The van der Waals surface area contributed by atoms with Crippen molar-refractivity contribution in [1.82, 2.24) is 19.9 Å². The highest BCUT2D eigenvalue weighted by atomic mass is 16.5. The molecule has 3 aromatic rings. The fourth-order valence-electron chi connectivity index (χ4n) is 4.60. The number of nitrogens with one attached hydrogen (secondary N) is 1. The monoisotopic (exact) mass is 643 g/mol. The van der Waals surface area contributed by atoms with Gasteiger partial charge >= 0.3 is 12.1 Å². The Morgan fingerprint density at radius 1 is 1.11 bits per heavy atom. The zero-order valence-electron chi connectivity index (χ0n) is 27.7. The number of anilines is 1. The first kappa shape index (κ1) is 36.2. The van der Waals surface area contributed by atoms with E-state index in [-0.39, 0.29) is 37.3 Å². The highest BCUT2D eigenvalue weighted by Gasteiger charge is 2.21. The third-order valence-corrected chi connectivity index (χ3v) is 7.23. The summed E-state index contributed by atoms with van der Waals surface area (Å²) in [5, 5.41) is 3.32. The number of amides is 2. The van der Waals surface area contributed by atoms with Gasteiger partial charge in [-0.05, 0) is 62.8 Å². The molecule has 0 saturated heterocycles. The number of aromatic nitrogens is 3. The van der Waals surface area contributed by atoms with Crippen LogP contribution in [-0.4, -0.2) is 58.1 Å². The van der Waals surface area contributed by atoms with Crippen molar-refractivity contribution in [2.24, 2.45) is 17.8 Å². The Labute approximate surface area is 276 Å². The molecule has 2 aromatic heterocycles. The van der Waals surface area contributed by atoms with Crippen LogP contribution in [0.4, 0.5) is 10.6 Å². The number of nitrogens with two attached hydrogens (primary N) is 1. The summed E-state index contributed by atoms with van der Waals surface area (Å²) in [6.45, 7) is 10.6. The quantitative estimate of drug-likeness (QED) is 0.0615. The lowest BCUT2D eigenvalue weighted by atomic mass is 10.1. The van der Waals surface area contributed by atoms with Gasteiger partial charge in [0.25, 0.3) is 5.91 Å². The number of nitrogens with zero attached hydrogens (tertiary/aromatic N) is 5. The Balaban J connectivity index is 1.70. The first-order valence-electron chi connectivity index (χ1n) is 15.8. The van der Waals surface area contributed by atoms with E-state index in [0.717, 1.165) is 42.7 Å². The summed E-state index contributed by atoms with van der Waals surface area (Å²) < 4.78 is 12.1. The number of carbonyl (C=O) groups is 3. The van der Waals surface area contributed by atoms with Crippen LogP contribution in [0.2, 0.25) is 0 Å². The molecule has 0 fully saturated rings. The van der Waals surface area contributed by atoms with Crippen LogP contribution in [0.25, 0.3) is 11.0 Å². The van der Waals surface area contributed by atoms with Gasteiger partial charge in [-0.2, -0.15) is 4.99 Å². The topological polar surface area (TPSA) is 154 Å². The molecule has 3 N–H and O–H groups in total. The number of esters is 1. The lowest BCUT2D eigenvalue weighted by Gasteiger charge is -2.21. The third-order valence-electron chi connectivity index (χ3n) is 7.23. The van der Waals surface area contributed by atoms with E-state index in [1.165, 1.54) is 11.0 Å². The molecule has 1 aromatic carbocycles. The van der Waals surface area contributed by atoms with Crippen LogP contribution in [0.5, 0.6) is 0 Å². The van der Waals surface area contributed by atoms with Gasteiger partial charge in [0.2, 0.25) is 0 Å². The van der Waals surface area contributed by atoms with Gasteiger partial charge in [0.1, 0.15) is 17.5 Å². The zero-order chi connectivity index (χ0) is 34.2. The fraction of sp³-hybridized carbons (Fsp3) is 0.371. The third kappa shape index (κ3) is 10.9. The minimum Gasteiger partial charge on any atom is -0.466 e. The number of rotatable bonds is 17. The van der Waals surface area contributed by atoms with E-state index in [1.54, 1.807) is 55.6 Å². The maximum Gasteiger partial charge on any atom is 0.435 e. The van der Waals surface area contributed by atoms with Crippen LogP contribution in [0.1, 0.15) is 69.1 Å². The molecular formula is C35H45N7O5. The van der Waals surface area contributed by atoms with Crippen molar-refractivity contribution in [2.75, 3.05) is 24.7 Å². The number of carbonyl (C=O) groups excluding carboxylic acids is 3. The molecule has 3 rings (SSSR count). The molecule has 0 bridgehead atoms. The number of imidazole rings is 1. The second-order valence-corrected chi connectivity index (χ2v) is 10.7. The molecule has 12 heteroatoms. The Morgan fingerprint density at radius 3 is 2.62 bits per heavy atom. The molecule has 0 aliphatic heterocycles. The van der Waals surface area contributed by atoms with E-state index in [9.17, 15) is 14.4 Å². The Morgan fingerprint density at radius 2 is 1.91 bits per heavy atom. The van der Waals surface area contributed by atoms with Gasteiger partial charge in [-0.3, -0.25) is 14.5 Å². The molecule has 250 valence electrons. The van der Waals surface area contributed by atoms with Crippen molar-refractivity contribution in [1.29, 1.82) is 0 Å². The standard InChI is InChI=1S/C35H45N7O5/c1-6-9-10-13-22-47-35(45)40-33(36)26(7-2)16-15-25(4)38-24-31-39-28-23-27(17-18-29(28)41(31)5)34(44)42(21-19-32(43)46-8-3)30-14-11-12-20-37-30/h7,11-12,14-18,20,23,38H,2,6,8-10,13,19,21-22,24H2,1,3-5H3,(H2,36,40,45)/b25-15+,26-16+. The molecule has 0 unspecified atom stereocenters. The molecule has 0 spiro atoms. The van der Waals surface area contributed by atoms with Crippen LogP contribution in [0, 0.1) is 0 Å². The van der Waals surface area contributed by atoms with Gasteiger partial charge in [-0.25, -0.2) is 14.8 Å². The number of amidine groups is 1. The largest absolute Gasteiger partial charge is 0.466 e. The minimum atomic E-state index is -0.724. The summed E-state index contributed by atoms with van der Waals surface area (Å²) in [6.07, 6.45) is 9.94. The highest BCUT2D eigenvalue weighted by Crippen LogP contribution is 2.21. The van der Waals surface area contributed by atoms with Gasteiger partial charge in [-0.15, -0.1) is 0 Å². The molecule has 2 heterocycles. The predicted octanol–water partition coefficient (Wildman–Crippen LogP) is 5.75. The van der Waals surface area contributed by atoms with Crippen molar-refractivity contribution in [3.05, 3.63) is 90.1 Å². The molecule has 47 heavy (non-hydrogen) atoms. The van der Waals surface area contributed by atoms with Gasteiger partial charge in [-0.1, -0.05) is 44.9 Å². The number of hydrogen-bond acceptors (Lipinski definition) is 8. The first-order chi connectivity index (χ1) is 22.7. The van der Waals surface area contributed by atoms with Crippen molar-refractivity contribution in [2.45, 2.75) is 59.4 Å². The van der Waals surface area contributed by atoms with Gasteiger partial charge in [0, 0.05) is 36.6 Å². The van der Waals surface area contributed by atoms with Gasteiger partial charge < -0.3 is 25.1 Å². The van der Waals surface area contributed by atoms with E-state index < -0.39 is 6.09 Å². The van der Waals surface area contributed by atoms with E-state index in [2.05, 4.69) is 28.8 Å².